The second-order valence-corrected chi connectivity index (χ2v) is 8.88. The van der Waals surface area contributed by atoms with Crippen LogP contribution in [0.5, 0.6) is 0 Å². The van der Waals surface area contributed by atoms with Crippen molar-refractivity contribution in [1.29, 1.82) is 0 Å². The van der Waals surface area contributed by atoms with Gasteiger partial charge < -0.3 is 21.3 Å². The topological polar surface area (TPSA) is 86.0 Å². The molecule has 1 aromatic carbocycles. The zero-order valence-electron chi connectivity index (χ0n) is 19.1. The quantitative estimate of drug-likeness (QED) is 0.301. The molecule has 0 radical (unpaired) electrons. The Morgan fingerprint density at radius 1 is 1.00 bits per heavy atom. The van der Waals surface area contributed by atoms with Gasteiger partial charge in [-0.1, -0.05) is 24.3 Å². The Morgan fingerprint density at radius 2 is 1.68 bits per heavy atom. The fourth-order valence-electron chi connectivity index (χ4n) is 4.48. The van der Waals surface area contributed by atoms with Crippen LogP contribution in [0.3, 0.4) is 0 Å². The van der Waals surface area contributed by atoms with Gasteiger partial charge in [-0.05, 0) is 82.4 Å². The highest BCUT2D eigenvalue weighted by Crippen LogP contribution is 2.17. The molecule has 172 valence electrons. The first kappa shape index (κ1) is 23.5. The van der Waals surface area contributed by atoms with Crippen LogP contribution in [0.1, 0.15) is 49.7 Å². The molecule has 2 aliphatic rings. The lowest BCUT2D eigenvalue weighted by Gasteiger charge is -2.30. The molecule has 2 saturated heterocycles. The first-order valence-electron chi connectivity index (χ1n) is 11.9. The average molecular weight is 429 g/mol. The van der Waals surface area contributed by atoms with Gasteiger partial charge in [0, 0.05) is 32.6 Å². The van der Waals surface area contributed by atoms with Crippen molar-refractivity contribution >= 4 is 11.9 Å². The van der Waals surface area contributed by atoms with E-state index < -0.39 is 0 Å². The number of hydrogen-bond acceptors (Lipinski definition) is 4. The molecule has 0 aliphatic carbocycles. The van der Waals surface area contributed by atoms with E-state index in [-0.39, 0.29) is 11.8 Å². The molecule has 0 bridgehead atoms. The van der Waals surface area contributed by atoms with Crippen molar-refractivity contribution in [3.63, 3.8) is 0 Å². The van der Waals surface area contributed by atoms with Crippen LogP contribution in [0.4, 0.5) is 0 Å². The number of benzene rings is 1. The highest BCUT2D eigenvalue weighted by Gasteiger charge is 2.22. The fraction of sp³-hybridized carbons (Fsp3) is 0.667. The van der Waals surface area contributed by atoms with Gasteiger partial charge in [-0.15, -0.1) is 0 Å². The van der Waals surface area contributed by atoms with Crippen LogP contribution < -0.4 is 16.4 Å². The Kier molecular flexibility index (Phi) is 9.62. The Balaban J connectivity index is 1.26. The minimum atomic E-state index is -0.138. The lowest BCUT2D eigenvalue weighted by molar-refractivity contribution is -0.123. The van der Waals surface area contributed by atoms with Gasteiger partial charge in [0.2, 0.25) is 5.91 Å². The summed E-state index contributed by atoms with van der Waals surface area (Å²) in [7, 11) is 1.82. The molecule has 2 heterocycles. The summed E-state index contributed by atoms with van der Waals surface area (Å²) < 4.78 is 0. The van der Waals surface area contributed by atoms with Crippen molar-refractivity contribution in [1.82, 2.24) is 20.4 Å². The van der Waals surface area contributed by atoms with E-state index in [4.69, 9.17) is 5.73 Å². The molecule has 4 N–H and O–H groups in total. The Bertz CT molecular complexity index is 691. The molecule has 1 amide bonds. The molecular weight excluding hydrogens is 388 g/mol. The monoisotopic (exact) mass is 428 g/mol. The van der Waals surface area contributed by atoms with Crippen molar-refractivity contribution in [3.05, 3.63) is 35.4 Å². The van der Waals surface area contributed by atoms with Crippen molar-refractivity contribution in [3.8, 4) is 0 Å². The summed E-state index contributed by atoms with van der Waals surface area (Å²) in [6.45, 7) is 8.29. The summed E-state index contributed by atoms with van der Waals surface area (Å²) in [6, 6.07) is 8.93. The van der Waals surface area contributed by atoms with Crippen LogP contribution in [-0.2, 0) is 17.9 Å². The number of primary amides is 1. The van der Waals surface area contributed by atoms with Gasteiger partial charge in [-0.3, -0.25) is 14.7 Å². The van der Waals surface area contributed by atoms with Crippen LogP contribution in [0.15, 0.2) is 29.3 Å². The fourth-order valence-corrected chi connectivity index (χ4v) is 4.48. The second-order valence-electron chi connectivity index (χ2n) is 8.88. The van der Waals surface area contributed by atoms with Gasteiger partial charge in [-0.2, -0.15) is 0 Å². The molecule has 31 heavy (non-hydrogen) atoms. The molecule has 3 rings (SSSR count). The highest BCUT2D eigenvalue weighted by molar-refractivity contribution is 5.79. The number of rotatable bonds is 10. The molecule has 0 spiro atoms. The van der Waals surface area contributed by atoms with Crippen LogP contribution >= 0.6 is 0 Å². The van der Waals surface area contributed by atoms with E-state index >= 15 is 0 Å². The minimum absolute atomic E-state index is 0.0774. The number of piperidine rings is 1. The van der Waals surface area contributed by atoms with Gasteiger partial charge in [0.15, 0.2) is 5.96 Å². The summed E-state index contributed by atoms with van der Waals surface area (Å²) in [5, 5.41) is 6.82. The molecular formula is C24H40N6O. The molecule has 0 atom stereocenters. The normalized spacial score (nSPS) is 18.9. The number of nitrogens with zero attached hydrogens (tertiary/aromatic N) is 3. The summed E-state index contributed by atoms with van der Waals surface area (Å²) >= 11 is 0. The molecule has 0 saturated carbocycles. The van der Waals surface area contributed by atoms with Crippen molar-refractivity contribution in [2.45, 2.75) is 51.6 Å². The van der Waals surface area contributed by atoms with Gasteiger partial charge in [0.25, 0.3) is 0 Å². The van der Waals surface area contributed by atoms with E-state index in [0.717, 1.165) is 70.9 Å². The number of nitrogens with one attached hydrogen (secondary N) is 2. The molecule has 0 aromatic heterocycles. The van der Waals surface area contributed by atoms with Gasteiger partial charge >= 0.3 is 0 Å². The van der Waals surface area contributed by atoms with E-state index in [0.29, 0.717) is 0 Å². The third-order valence-electron chi connectivity index (χ3n) is 6.49. The number of nitrogens with two attached hydrogens (primary N) is 1. The molecule has 7 nitrogen and oxygen atoms in total. The first-order chi connectivity index (χ1) is 15.1. The lowest BCUT2D eigenvalue weighted by Crippen LogP contribution is -2.39. The summed E-state index contributed by atoms with van der Waals surface area (Å²) in [4.78, 5) is 20.6. The Hall–Kier alpha value is -2.12. The van der Waals surface area contributed by atoms with E-state index in [2.05, 4.69) is 49.7 Å². The zero-order chi connectivity index (χ0) is 21.9. The van der Waals surface area contributed by atoms with Crippen molar-refractivity contribution in [2.75, 3.05) is 46.3 Å². The molecule has 7 heteroatoms. The van der Waals surface area contributed by atoms with Crippen LogP contribution in [-0.4, -0.2) is 68.0 Å². The summed E-state index contributed by atoms with van der Waals surface area (Å²) in [6.07, 6.45) is 6.73. The minimum Gasteiger partial charge on any atom is -0.369 e. The number of amides is 1. The predicted octanol–water partition coefficient (Wildman–Crippen LogP) is 1.92. The Morgan fingerprint density at radius 3 is 2.32 bits per heavy atom. The average Bonchev–Trinajstić information content (AvgIpc) is 3.30. The smallest absolute Gasteiger partial charge is 0.220 e. The molecule has 1 aromatic rings. The zero-order valence-corrected chi connectivity index (χ0v) is 19.1. The van der Waals surface area contributed by atoms with E-state index in [1.165, 1.54) is 37.1 Å². The molecule has 2 aliphatic heterocycles. The number of aliphatic imine (C=N–C) groups is 1. The number of likely N-dealkylation sites (tertiary alicyclic amines) is 2. The maximum Gasteiger partial charge on any atom is 0.220 e. The number of carbonyl (C=O) groups excluding carboxylic acids is 1. The van der Waals surface area contributed by atoms with E-state index in [9.17, 15) is 4.79 Å². The second kappa shape index (κ2) is 12.7. The van der Waals surface area contributed by atoms with E-state index in [1.54, 1.807) is 0 Å². The maximum atomic E-state index is 11.3. The van der Waals surface area contributed by atoms with Gasteiger partial charge in [0.05, 0.1) is 0 Å². The maximum absolute atomic E-state index is 11.3. The molecule has 0 unspecified atom stereocenters. The summed E-state index contributed by atoms with van der Waals surface area (Å²) in [5.41, 5.74) is 8.07. The van der Waals surface area contributed by atoms with Crippen molar-refractivity contribution < 1.29 is 4.79 Å². The number of guanidine groups is 1. The van der Waals surface area contributed by atoms with Crippen LogP contribution in [0.2, 0.25) is 0 Å². The number of carbonyl (C=O) groups is 1. The van der Waals surface area contributed by atoms with Crippen LogP contribution in [0, 0.1) is 5.92 Å². The lowest BCUT2D eigenvalue weighted by atomic mass is 9.96. The van der Waals surface area contributed by atoms with Crippen molar-refractivity contribution in [2.24, 2.45) is 16.6 Å². The van der Waals surface area contributed by atoms with Gasteiger partial charge in [0.1, 0.15) is 0 Å². The van der Waals surface area contributed by atoms with Gasteiger partial charge in [-0.25, -0.2) is 0 Å². The summed E-state index contributed by atoms with van der Waals surface area (Å²) in [5.74, 6) is 0.790. The van der Waals surface area contributed by atoms with Crippen LogP contribution in [0.25, 0.3) is 0 Å². The molecule has 2 fully saturated rings. The number of hydrogen-bond donors (Lipinski definition) is 3. The number of unbranched alkanes of at least 4 members (excludes halogenated alkanes) is 1. The van der Waals surface area contributed by atoms with E-state index in [1.807, 2.05) is 7.05 Å². The Labute approximate surface area is 187 Å². The third-order valence-corrected chi connectivity index (χ3v) is 6.49. The standard InChI is InChI=1S/C24H40N6O/c1-26-24(27-12-2-3-13-29-16-10-22(11-17-29)23(25)31)28-18-20-6-8-21(9-7-20)19-30-14-4-5-15-30/h6-9,22H,2-5,10-19H2,1H3,(H2,25,31)(H2,26,27,28). The first-order valence-corrected chi connectivity index (χ1v) is 11.9. The highest BCUT2D eigenvalue weighted by atomic mass is 16.1. The predicted molar refractivity (Wildman–Crippen MR) is 127 cm³/mol. The largest absolute Gasteiger partial charge is 0.369 e. The SMILES string of the molecule is CN=C(NCCCCN1CCC(C(N)=O)CC1)NCc1ccc(CN2CCCC2)cc1. The third kappa shape index (κ3) is 8.15.